The normalized spacial score (nSPS) is 10.1. The lowest BCUT2D eigenvalue weighted by atomic mass is 10.2. The van der Waals surface area contributed by atoms with Crippen LogP contribution in [-0.4, -0.2) is 0 Å². The van der Waals surface area contributed by atoms with E-state index in [4.69, 9.17) is 10.5 Å². The van der Waals surface area contributed by atoms with Gasteiger partial charge in [-0.1, -0.05) is 17.7 Å². The van der Waals surface area contributed by atoms with E-state index in [0.29, 0.717) is 0 Å². The van der Waals surface area contributed by atoms with Gasteiger partial charge in [-0.05, 0) is 49.7 Å². The number of benzene rings is 2. The summed E-state index contributed by atoms with van der Waals surface area (Å²) in [6, 6.07) is 13.6. The van der Waals surface area contributed by atoms with E-state index in [9.17, 15) is 0 Å². The highest BCUT2D eigenvalue weighted by molar-refractivity contribution is 5.48. The molecule has 0 aliphatic rings. The Kier molecular flexibility index (Phi) is 2.82. The van der Waals surface area contributed by atoms with E-state index in [1.165, 1.54) is 5.56 Å². The minimum absolute atomic E-state index is 0.758. The molecule has 0 aliphatic carbocycles. The fourth-order valence-corrected chi connectivity index (χ4v) is 1.52. The number of aryl methyl sites for hydroxylation is 2. The molecular formula is C14H15NO. The monoisotopic (exact) mass is 213 g/mol. The van der Waals surface area contributed by atoms with Crippen LogP contribution >= 0.6 is 0 Å². The number of nitrogen functional groups attached to an aromatic ring is 1. The largest absolute Gasteiger partial charge is 0.457 e. The summed E-state index contributed by atoms with van der Waals surface area (Å²) in [6.45, 7) is 4.04. The lowest BCUT2D eigenvalue weighted by molar-refractivity contribution is 0.479. The van der Waals surface area contributed by atoms with Crippen molar-refractivity contribution < 1.29 is 4.74 Å². The molecule has 0 saturated carbocycles. The summed E-state index contributed by atoms with van der Waals surface area (Å²) in [5.41, 5.74) is 8.71. The third-order valence-corrected chi connectivity index (χ3v) is 2.45. The van der Waals surface area contributed by atoms with Gasteiger partial charge in [0.2, 0.25) is 0 Å². The maximum atomic E-state index is 5.76. The molecule has 0 radical (unpaired) electrons. The highest BCUT2D eigenvalue weighted by Gasteiger charge is 2.01. The molecule has 0 bridgehead atoms. The van der Waals surface area contributed by atoms with Crippen molar-refractivity contribution in [2.24, 2.45) is 0 Å². The molecule has 2 N–H and O–H groups in total. The van der Waals surface area contributed by atoms with Crippen LogP contribution in [0.25, 0.3) is 0 Å². The van der Waals surface area contributed by atoms with Crippen LogP contribution in [0.15, 0.2) is 42.5 Å². The zero-order valence-electron chi connectivity index (χ0n) is 9.53. The maximum Gasteiger partial charge on any atom is 0.130 e. The molecule has 0 amide bonds. The third-order valence-electron chi connectivity index (χ3n) is 2.45. The molecule has 0 unspecified atom stereocenters. The molecule has 0 spiro atoms. The first-order valence-electron chi connectivity index (χ1n) is 5.26. The molecule has 2 aromatic carbocycles. The quantitative estimate of drug-likeness (QED) is 0.772. The van der Waals surface area contributed by atoms with Gasteiger partial charge in [-0.2, -0.15) is 0 Å². The van der Waals surface area contributed by atoms with Crippen molar-refractivity contribution in [1.29, 1.82) is 0 Å². The molecule has 0 aromatic heterocycles. The molecule has 2 nitrogen and oxygen atoms in total. The Hall–Kier alpha value is -1.96. The van der Waals surface area contributed by atoms with Gasteiger partial charge in [-0.3, -0.25) is 0 Å². The van der Waals surface area contributed by atoms with Crippen molar-refractivity contribution in [3.8, 4) is 11.5 Å². The van der Waals surface area contributed by atoms with Crippen molar-refractivity contribution in [3.05, 3.63) is 53.6 Å². The number of ether oxygens (including phenoxy) is 1. The summed E-state index contributed by atoms with van der Waals surface area (Å²) in [5.74, 6) is 1.69. The smallest absolute Gasteiger partial charge is 0.130 e. The van der Waals surface area contributed by atoms with Gasteiger partial charge in [-0.25, -0.2) is 0 Å². The van der Waals surface area contributed by atoms with Gasteiger partial charge in [0.25, 0.3) is 0 Å². The van der Waals surface area contributed by atoms with E-state index in [2.05, 4.69) is 6.92 Å². The van der Waals surface area contributed by atoms with E-state index in [-0.39, 0.29) is 0 Å². The maximum absolute atomic E-state index is 5.76. The number of rotatable bonds is 2. The molecular weight excluding hydrogens is 198 g/mol. The van der Waals surface area contributed by atoms with Gasteiger partial charge in [0.15, 0.2) is 0 Å². The third kappa shape index (κ3) is 2.34. The van der Waals surface area contributed by atoms with Gasteiger partial charge in [0, 0.05) is 5.69 Å². The van der Waals surface area contributed by atoms with Crippen LogP contribution in [0.1, 0.15) is 11.1 Å². The summed E-state index contributed by atoms with van der Waals surface area (Å²) >= 11 is 0. The lowest BCUT2D eigenvalue weighted by Crippen LogP contribution is -1.90. The van der Waals surface area contributed by atoms with Crippen LogP contribution in [0.2, 0.25) is 0 Å². The molecule has 16 heavy (non-hydrogen) atoms. The van der Waals surface area contributed by atoms with Crippen LogP contribution in [0.3, 0.4) is 0 Å². The zero-order valence-corrected chi connectivity index (χ0v) is 9.53. The SMILES string of the molecule is Cc1ccc(Oc2ccc(N)cc2C)cc1. The second-order valence-corrected chi connectivity index (χ2v) is 3.94. The Bertz CT molecular complexity index is 489. The summed E-state index contributed by atoms with van der Waals surface area (Å²) in [6.07, 6.45) is 0. The van der Waals surface area contributed by atoms with Crippen LogP contribution in [0, 0.1) is 13.8 Å². The Morgan fingerprint density at radius 3 is 2.25 bits per heavy atom. The second kappa shape index (κ2) is 4.27. The Morgan fingerprint density at radius 2 is 1.62 bits per heavy atom. The number of hydrogen-bond acceptors (Lipinski definition) is 2. The second-order valence-electron chi connectivity index (χ2n) is 3.94. The van der Waals surface area contributed by atoms with Crippen molar-refractivity contribution in [1.82, 2.24) is 0 Å². The molecule has 0 saturated heterocycles. The van der Waals surface area contributed by atoms with Crippen LogP contribution in [0.4, 0.5) is 5.69 Å². The fraction of sp³-hybridized carbons (Fsp3) is 0.143. The first-order chi connectivity index (χ1) is 7.65. The molecule has 0 fully saturated rings. The van der Waals surface area contributed by atoms with Crippen LogP contribution in [-0.2, 0) is 0 Å². The van der Waals surface area contributed by atoms with E-state index < -0.39 is 0 Å². The van der Waals surface area contributed by atoms with E-state index >= 15 is 0 Å². The first-order valence-corrected chi connectivity index (χ1v) is 5.26. The van der Waals surface area contributed by atoms with Gasteiger partial charge in [-0.15, -0.1) is 0 Å². The van der Waals surface area contributed by atoms with Crippen molar-refractivity contribution >= 4 is 5.69 Å². The highest BCUT2D eigenvalue weighted by atomic mass is 16.5. The molecule has 0 heterocycles. The van der Waals surface area contributed by atoms with E-state index in [1.807, 2.05) is 49.4 Å². The van der Waals surface area contributed by atoms with Gasteiger partial charge < -0.3 is 10.5 Å². The predicted octanol–water partition coefficient (Wildman–Crippen LogP) is 3.68. The number of nitrogens with two attached hydrogens (primary N) is 1. The van der Waals surface area contributed by atoms with Gasteiger partial charge >= 0.3 is 0 Å². The van der Waals surface area contributed by atoms with E-state index in [1.54, 1.807) is 0 Å². The average molecular weight is 213 g/mol. The highest BCUT2D eigenvalue weighted by Crippen LogP contribution is 2.26. The Morgan fingerprint density at radius 1 is 0.938 bits per heavy atom. The molecule has 2 heteroatoms. The topological polar surface area (TPSA) is 35.2 Å². The number of hydrogen-bond donors (Lipinski definition) is 1. The summed E-state index contributed by atoms with van der Waals surface area (Å²) in [7, 11) is 0. The van der Waals surface area contributed by atoms with Crippen LogP contribution < -0.4 is 10.5 Å². The molecule has 0 atom stereocenters. The molecule has 2 aromatic rings. The van der Waals surface area contributed by atoms with E-state index in [0.717, 1.165) is 22.7 Å². The summed E-state index contributed by atoms with van der Waals surface area (Å²) in [4.78, 5) is 0. The zero-order chi connectivity index (χ0) is 11.5. The Balaban J connectivity index is 2.23. The lowest BCUT2D eigenvalue weighted by Gasteiger charge is -2.09. The van der Waals surface area contributed by atoms with Crippen LogP contribution in [0.5, 0.6) is 11.5 Å². The van der Waals surface area contributed by atoms with Crippen molar-refractivity contribution in [2.75, 3.05) is 5.73 Å². The van der Waals surface area contributed by atoms with Gasteiger partial charge in [0.05, 0.1) is 0 Å². The molecule has 82 valence electrons. The minimum Gasteiger partial charge on any atom is -0.457 e. The number of anilines is 1. The van der Waals surface area contributed by atoms with Crippen molar-refractivity contribution in [2.45, 2.75) is 13.8 Å². The minimum atomic E-state index is 0.758. The fourth-order valence-electron chi connectivity index (χ4n) is 1.52. The van der Waals surface area contributed by atoms with Crippen molar-refractivity contribution in [3.63, 3.8) is 0 Å². The molecule has 2 rings (SSSR count). The summed E-state index contributed by atoms with van der Waals surface area (Å²) in [5, 5.41) is 0. The molecule has 0 aliphatic heterocycles. The summed E-state index contributed by atoms with van der Waals surface area (Å²) < 4.78 is 5.76. The Labute approximate surface area is 95.7 Å². The first kappa shape index (κ1) is 10.6. The average Bonchev–Trinajstić information content (AvgIpc) is 2.25. The van der Waals surface area contributed by atoms with Gasteiger partial charge in [0.1, 0.15) is 11.5 Å². The standard InChI is InChI=1S/C14H15NO/c1-10-3-6-13(7-4-10)16-14-8-5-12(15)9-11(14)2/h3-9H,15H2,1-2H3. The predicted molar refractivity (Wildman–Crippen MR) is 66.8 cm³/mol.